The maximum atomic E-state index is 11.6. The molecule has 0 saturated heterocycles. The van der Waals surface area contributed by atoms with Gasteiger partial charge in [-0.05, 0) is 13.5 Å². The van der Waals surface area contributed by atoms with Gasteiger partial charge in [0.15, 0.2) is 0 Å². The van der Waals surface area contributed by atoms with Crippen LogP contribution in [-0.2, 0) is 6.42 Å². The maximum Gasteiger partial charge on any atom is 0.263 e. The van der Waals surface area contributed by atoms with E-state index in [0.717, 1.165) is 17.1 Å². The minimum Gasteiger partial charge on any atom is -0.348 e. The average Bonchev–Trinajstić information content (AvgIpc) is 2.57. The Balaban J connectivity index is 2.75. The fourth-order valence-electron chi connectivity index (χ4n) is 1.14. The predicted octanol–water partition coefficient (Wildman–Crippen LogP) is 0.869. The van der Waals surface area contributed by atoms with E-state index >= 15 is 0 Å². The highest BCUT2D eigenvalue weighted by atomic mass is 32.1. The molecule has 1 heterocycles. The van der Waals surface area contributed by atoms with Crippen LogP contribution in [0.1, 0.15) is 20.4 Å². The number of aryl methyl sites for hydroxylation is 1. The summed E-state index contributed by atoms with van der Waals surface area (Å²) in [6.07, 6.45) is 2.37. The Labute approximate surface area is 93.2 Å². The van der Waals surface area contributed by atoms with E-state index in [-0.39, 0.29) is 5.91 Å². The van der Waals surface area contributed by atoms with Gasteiger partial charge in [-0.25, -0.2) is 4.98 Å². The first-order valence-electron chi connectivity index (χ1n) is 4.74. The Morgan fingerprint density at radius 3 is 3.07 bits per heavy atom. The summed E-state index contributed by atoms with van der Waals surface area (Å²) in [7, 11) is 0. The number of thiazole rings is 1. The van der Waals surface area contributed by atoms with Gasteiger partial charge >= 0.3 is 0 Å². The number of hydrogen-bond acceptors (Lipinski definition) is 4. The highest BCUT2D eigenvalue weighted by Gasteiger charge is 2.13. The van der Waals surface area contributed by atoms with Crippen LogP contribution in [0.25, 0.3) is 0 Å². The van der Waals surface area contributed by atoms with Crippen molar-refractivity contribution in [3.63, 3.8) is 0 Å². The summed E-state index contributed by atoms with van der Waals surface area (Å²) >= 11 is 1.41. The molecule has 0 unspecified atom stereocenters. The summed E-state index contributed by atoms with van der Waals surface area (Å²) in [5, 5.41) is 3.64. The van der Waals surface area contributed by atoms with Crippen molar-refractivity contribution in [3.8, 4) is 0 Å². The first-order chi connectivity index (χ1) is 7.19. The zero-order valence-electron chi connectivity index (χ0n) is 8.75. The summed E-state index contributed by atoms with van der Waals surface area (Å²) in [6, 6.07) is 0. The standard InChI is InChI=1S/C10H15N3OS/c1-3-6-12-10(14)9-7(2)13-8(15-9)4-5-11/h3H,1,4-6,11H2,2H3,(H,12,14). The summed E-state index contributed by atoms with van der Waals surface area (Å²) in [5.74, 6) is -0.0897. The number of rotatable bonds is 5. The van der Waals surface area contributed by atoms with Gasteiger partial charge in [0.25, 0.3) is 5.91 Å². The Hall–Kier alpha value is -1.20. The molecule has 0 saturated carbocycles. The number of hydrogen-bond donors (Lipinski definition) is 2. The van der Waals surface area contributed by atoms with Gasteiger partial charge in [0.1, 0.15) is 4.88 Å². The summed E-state index contributed by atoms with van der Waals surface area (Å²) in [5.41, 5.74) is 6.20. The van der Waals surface area contributed by atoms with Crippen LogP contribution in [0.5, 0.6) is 0 Å². The van der Waals surface area contributed by atoms with Crippen molar-refractivity contribution in [2.45, 2.75) is 13.3 Å². The number of carbonyl (C=O) groups is 1. The zero-order valence-corrected chi connectivity index (χ0v) is 9.56. The average molecular weight is 225 g/mol. The second-order valence-corrected chi connectivity index (χ2v) is 4.14. The van der Waals surface area contributed by atoms with Crippen LogP contribution in [0.15, 0.2) is 12.7 Å². The number of carbonyl (C=O) groups excluding carboxylic acids is 1. The lowest BCUT2D eigenvalue weighted by Crippen LogP contribution is -2.22. The van der Waals surface area contributed by atoms with Crippen LogP contribution in [0.3, 0.4) is 0 Å². The monoisotopic (exact) mass is 225 g/mol. The van der Waals surface area contributed by atoms with Crippen LogP contribution in [-0.4, -0.2) is 24.0 Å². The van der Waals surface area contributed by atoms with Gasteiger partial charge in [-0.15, -0.1) is 17.9 Å². The third-order valence-electron chi connectivity index (χ3n) is 1.81. The Morgan fingerprint density at radius 1 is 1.73 bits per heavy atom. The molecule has 0 aromatic carbocycles. The van der Waals surface area contributed by atoms with Gasteiger partial charge in [-0.2, -0.15) is 0 Å². The van der Waals surface area contributed by atoms with E-state index < -0.39 is 0 Å². The van der Waals surface area contributed by atoms with Crippen molar-refractivity contribution in [1.29, 1.82) is 0 Å². The fraction of sp³-hybridized carbons (Fsp3) is 0.400. The number of nitrogens with one attached hydrogen (secondary N) is 1. The van der Waals surface area contributed by atoms with E-state index in [4.69, 9.17) is 5.73 Å². The zero-order chi connectivity index (χ0) is 11.3. The minimum atomic E-state index is -0.0897. The molecular formula is C10H15N3OS. The van der Waals surface area contributed by atoms with Gasteiger partial charge in [0, 0.05) is 13.0 Å². The van der Waals surface area contributed by atoms with E-state index in [0.29, 0.717) is 18.0 Å². The lowest BCUT2D eigenvalue weighted by Gasteiger charge is -1.98. The topological polar surface area (TPSA) is 68.0 Å². The summed E-state index contributed by atoms with van der Waals surface area (Å²) < 4.78 is 0. The largest absolute Gasteiger partial charge is 0.348 e. The molecule has 1 amide bonds. The van der Waals surface area contributed by atoms with Crippen molar-refractivity contribution in [1.82, 2.24) is 10.3 Å². The summed E-state index contributed by atoms with van der Waals surface area (Å²) in [6.45, 7) is 6.40. The van der Waals surface area contributed by atoms with E-state index in [1.54, 1.807) is 6.08 Å². The molecule has 0 fully saturated rings. The van der Waals surface area contributed by atoms with Crippen LogP contribution in [0.2, 0.25) is 0 Å². The molecule has 0 aliphatic heterocycles. The van der Waals surface area contributed by atoms with Crippen molar-refractivity contribution in [2.75, 3.05) is 13.1 Å². The molecule has 3 N–H and O–H groups in total. The van der Waals surface area contributed by atoms with Gasteiger partial charge in [0.2, 0.25) is 0 Å². The second-order valence-electron chi connectivity index (χ2n) is 3.06. The third-order valence-corrected chi connectivity index (χ3v) is 3.03. The predicted molar refractivity (Wildman–Crippen MR) is 62.1 cm³/mol. The van der Waals surface area contributed by atoms with Gasteiger partial charge in [-0.3, -0.25) is 4.79 Å². The molecular weight excluding hydrogens is 210 g/mol. The molecule has 0 atom stereocenters. The molecule has 1 aromatic rings. The van der Waals surface area contributed by atoms with E-state index in [9.17, 15) is 4.79 Å². The highest BCUT2D eigenvalue weighted by Crippen LogP contribution is 2.17. The minimum absolute atomic E-state index is 0.0897. The van der Waals surface area contributed by atoms with Crippen molar-refractivity contribution < 1.29 is 4.79 Å². The molecule has 1 aromatic heterocycles. The first-order valence-corrected chi connectivity index (χ1v) is 5.56. The first kappa shape index (κ1) is 11.9. The molecule has 0 radical (unpaired) electrons. The van der Waals surface area contributed by atoms with Crippen molar-refractivity contribution in [3.05, 3.63) is 28.2 Å². The van der Waals surface area contributed by atoms with Gasteiger partial charge in [-0.1, -0.05) is 6.08 Å². The lowest BCUT2D eigenvalue weighted by atomic mass is 10.3. The Kier molecular flexibility index (Phi) is 4.45. The van der Waals surface area contributed by atoms with Crippen LogP contribution in [0, 0.1) is 6.92 Å². The maximum absolute atomic E-state index is 11.6. The smallest absolute Gasteiger partial charge is 0.263 e. The van der Waals surface area contributed by atoms with Crippen LogP contribution >= 0.6 is 11.3 Å². The van der Waals surface area contributed by atoms with Crippen LogP contribution in [0.4, 0.5) is 0 Å². The van der Waals surface area contributed by atoms with E-state index in [2.05, 4.69) is 16.9 Å². The molecule has 5 heteroatoms. The number of amides is 1. The normalized spacial score (nSPS) is 10.0. The molecule has 82 valence electrons. The molecule has 0 spiro atoms. The molecule has 0 aliphatic carbocycles. The highest BCUT2D eigenvalue weighted by molar-refractivity contribution is 7.13. The SMILES string of the molecule is C=CCNC(=O)c1sc(CCN)nc1C. The number of aromatic nitrogens is 1. The molecule has 15 heavy (non-hydrogen) atoms. The molecule has 0 aliphatic rings. The van der Waals surface area contributed by atoms with Gasteiger partial charge < -0.3 is 11.1 Å². The molecule has 1 rings (SSSR count). The number of nitrogens with two attached hydrogens (primary N) is 1. The van der Waals surface area contributed by atoms with E-state index in [1.165, 1.54) is 11.3 Å². The van der Waals surface area contributed by atoms with Crippen LogP contribution < -0.4 is 11.1 Å². The van der Waals surface area contributed by atoms with Gasteiger partial charge in [0.05, 0.1) is 10.7 Å². The molecule has 4 nitrogen and oxygen atoms in total. The lowest BCUT2D eigenvalue weighted by molar-refractivity contribution is 0.0961. The fourth-order valence-corrected chi connectivity index (χ4v) is 2.13. The molecule has 0 bridgehead atoms. The summed E-state index contributed by atoms with van der Waals surface area (Å²) in [4.78, 5) is 16.6. The second kappa shape index (κ2) is 5.63. The van der Waals surface area contributed by atoms with Crippen molar-refractivity contribution in [2.24, 2.45) is 5.73 Å². The Bertz CT molecular complexity index is 360. The number of nitrogens with zero attached hydrogens (tertiary/aromatic N) is 1. The van der Waals surface area contributed by atoms with Crippen molar-refractivity contribution >= 4 is 17.2 Å². The van der Waals surface area contributed by atoms with E-state index in [1.807, 2.05) is 6.92 Å². The Morgan fingerprint density at radius 2 is 2.47 bits per heavy atom. The third kappa shape index (κ3) is 3.14. The quantitative estimate of drug-likeness (QED) is 0.731.